The number of carbonyl (C=O) groups excluding carboxylic acids is 1. The number of nitriles is 1. The van der Waals surface area contributed by atoms with E-state index in [1.54, 1.807) is 12.1 Å². The molecule has 0 bridgehead atoms. The molecular formula is C21H23ClN4O. The van der Waals surface area contributed by atoms with Crippen LogP contribution in [0.15, 0.2) is 48.5 Å². The Labute approximate surface area is 165 Å². The van der Waals surface area contributed by atoms with Crippen LogP contribution in [0.25, 0.3) is 0 Å². The number of nitrogens with zero attached hydrogens (tertiary/aromatic N) is 3. The number of rotatable bonds is 4. The quantitative estimate of drug-likeness (QED) is 0.874. The Morgan fingerprint density at radius 1 is 1.11 bits per heavy atom. The number of nitrogens with one attached hydrogen (secondary N) is 1. The van der Waals surface area contributed by atoms with Gasteiger partial charge in [-0.05, 0) is 37.6 Å². The maximum atomic E-state index is 12.7. The smallest absolute Gasteiger partial charge is 0.241 e. The summed E-state index contributed by atoms with van der Waals surface area (Å²) in [5, 5.41) is 12.8. The predicted molar refractivity (Wildman–Crippen MR) is 109 cm³/mol. The molecule has 1 N–H and O–H groups in total. The molecule has 1 amide bonds. The number of benzene rings is 2. The zero-order valence-electron chi connectivity index (χ0n) is 15.4. The second-order valence-electron chi connectivity index (χ2n) is 6.65. The van der Waals surface area contributed by atoms with Gasteiger partial charge in [-0.2, -0.15) is 5.26 Å². The molecule has 1 unspecified atom stereocenters. The Balaban J connectivity index is 1.64. The van der Waals surface area contributed by atoms with Crippen molar-refractivity contribution in [2.45, 2.75) is 19.4 Å². The van der Waals surface area contributed by atoms with E-state index in [4.69, 9.17) is 11.6 Å². The summed E-state index contributed by atoms with van der Waals surface area (Å²) in [6.07, 6.45) is 0.934. The molecule has 140 valence electrons. The molecule has 0 aliphatic carbocycles. The minimum atomic E-state index is -0.257. The summed E-state index contributed by atoms with van der Waals surface area (Å²) < 4.78 is 0. The number of hydrogen-bond donors (Lipinski definition) is 1. The first-order valence-electron chi connectivity index (χ1n) is 9.13. The number of amides is 1. The fraction of sp³-hybridized carbons (Fsp3) is 0.333. The van der Waals surface area contributed by atoms with Crippen LogP contribution < -0.4 is 10.2 Å². The second-order valence-corrected chi connectivity index (χ2v) is 7.06. The van der Waals surface area contributed by atoms with Gasteiger partial charge in [0, 0.05) is 26.2 Å². The van der Waals surface area contributed by atoms with E-state index in [1.807, 2.05) is 43.3 Å². The SMILES string of the molecule is CC(C(=O)Nc1ccccc1Cl)N1CCCN(c2ccccc2C#N)CC1. The van der Waals surface area contributed by atoms with Crippen molar-refractivity contribution in [1.29, 1.82) is 5.26 Å². The molecular weight excluding hydrogens is 360 g/mol. The fourth-order valence-electron chi connectivity index (χ4n) is 3.38. The van der Waals surface area contributed by atoms with E-state index in [0.717, 1.165) is 38.3 Å². The molecule has 0 saturated carbocycles. The molecule has 6 heteroatoms. The van der Waals surface area contributed by atoms with Gasteiger partial charge in [-0.1, -0.05) is 35.9 Å². The first-order chi connectivity index (χ1) is 13.1. The summed E-state index contributed by atoms with van der Waals surface area (Å²) >= 11 is 6.14. The van der Waals surface area contributed by atoms with Gasteiger partial charge in [-0.25, -0.2) is 0 Å². The van der Waals surface area contributed by atoms with Crippen molar-refractivity contribution in [1.82, 2.24) is 4.90 Å². The largest absolute Gasteiger partial charge is 0.369 e. The van der Waals surface area contributed by atoms with Crippen LogP contribution in [0.4, 0.5) is 11.4 Å². The Kier molecular flexibility index (Phi) is 6.33. The molecule has 5 nitrogen and oxygen atoms in total. The maximum Gasteiger partial charge on any atom is 0.241 e. The molecule has 1 atom stereocenters. The molecule has 0 radical (unpaired) electrons. The highest BCUT2D eigenvalue weighted by Crippen LogP contribution is 2.23. The minimum absolute atomic E-state index is 0.0611. The van der Waals surface area contributed by atoms with E-state index < -0.39 is 0 Å². The van der Waals surface area contributed by atoms with Crippen LogP contribution in [0.5, 0.6) is 0 Å². The van der Waals surface area contributed by atoms with Crippen molar-refractivity contribution < 1.29 is 4.79 Å². The third-order valence-electron chi connectivity index (χ3n) is 4.95. The zero-order chi connectivity index (χ0) is 19.2. The van der Waals surface area contributed by atoms with Crippen LogP contribution in [-0.4, -0.2) is 43.0 Å². The zero-order valence-corrected chi connectivity index (χ0v) is 16.1. The van der Waals surface area contributed by atoms with Crippen molar-refractivity contribution in [3.8, 4) is 6.07 Å². The van der Waals surface area contributed by atoms with Gasteiger partial charge < -0.3 is 10.2 Å². The Morgan fingerprint density at radius 2 is 1.85 bits per heavy atom. The van der Waals surface area contributed by atoms with Crippen molar-refractivity contribution in [2.24, 2.45) is 0 Å². The molecule has 27 heavy (non-hydrogen) atoms. The van der Waals surface area contributed by atoms with Gasteiger partial charge in [-0.15, -0.1) is 0 Å². The summed E-state index contributed by atoms with van der Waals surface area (Å²) in [4.78, 5) is 17.1. The topological polar surface area (TPSA) is 59.4 Å². The Morgan fingerprint density at radius 3 is 2.63 bits per heavy atom. The lowest BCUT2D eigenvalue weighted by Gasteiger charge is -2.27. The Bertz CT molecular complexity index is 848. The van der Waals surface area contributed by atoms with E-state index in [1.165, 1.54) is 0 Å². The predicted octanol–water partition coefficient (Wildman–Crippen LogP) is 3.75. The van der Waals surface area contributed by atoms with E-state index in [0.29, 0.717) is 16.3 Å². The lowest BCUT2D eigenvalue weighted by atomic mass is 10.1. The number of halogens is 1. The highest BCUT2D eigenvalue weighted by molar-refractivity contribution is 6.33. The third kappa shape index (κ3) is 4.60. The van der Waals surface area contributed by atoms with Crippen LogP contribution >= 0.6 is 11.6 Å². The average molecular weight is 383 g/mol. The van der Waals surface area contributed by atoms with E-state index in [9.17, 15) is 10.1 Å². The molecule has 2 aromatic carbocycles. The molecule has 0 spiro atoms. The van der Waals surface area contributed by atoms with E-state index in [-0.39, 0.29) is 11.9 Å². The molecule has 1 aliphatic rings. The maximum absolute atomic E-state index is 12.7. The summed E-state index contributed by atoms with van der Waals surface area (Å²) in [7, 11) is 0. The molecule has 3 rings (SSSR count). The second kappa shape index (κ2) is 8.90. The lowest BCUT2D eigenvalue weighted by Crippen LogP contribution is -2.44. The molecule has 1 heterocycles. The lowest BCUT2D eigenvalue weighted by molar-refractivity contribution is -0.120. The molecule has 1 fully saturated rings. The van der Waals surface area contributed by atoms with Gasteiger partial charge in [0.25, 0.3) is 0 Å². The van der Waals surface area contributed by atoms with Gasteiger partial charge in [0.1, 0.15) is 6.07 Å². The number of carbonyl (C=O) groups is 1. The fourth-order valence-corrected chi connectivity index (χ4v) is 3.56. The third-order valence-corrected chi connectivity index (χ3v) is 5.28. The number of para-hydroxylation sites is 2. The number of hydrogen-bond acceptors (Lipinski definition) is 4. The molecule has 0 aromatic heterocycles. The van der Waals surface area contributed by atoms with Gasteiger partial charge in [0.15, 0.2) is 0 Å². The summed E-state index contributed by atoms with van der Waals surface area (Å²) in [5.74, 6) is -0.0611. The van der Waals surface area contributed by atoms with Crippen LogP contribution in [0, 0.1) is 11.3 Å². The van der Waals surface area contributed by atoms with Gasteiger partial charge in [0.2, 0.25) is 5.91 Å². The van der Waals surface area contributed by atoms with E-state index >= 15 is 0 Å². The van der Waals surface area contributed by atoms with Crippen LogP contribution in [-0.2, 0) is 4.79 Å². The number of anilines is 2. The molecule has 2 aromatic rings. The highest BCUT2D eigenvalue weighted by Gasteiger charge is 2.25. The van der Waals surface area contributed by atoms with Crippen molar-refractivity contribution in [2.75, 3.05) is 36.4 Å². The summed E-state index contributed by atoms with van der Waals surface area (Å²) in [6.45, 7) is 5.17. The van der Waals surface area contributed by atoms with Gasteiger partial charge in [0.05, 0.1) is 28.0 Å². The van der Waals surface area contributed by atoms with Crippen molar-refractivity contribution in [3.63, 3.8) is 0 Å². The Hall–Kier alpha value is -2.55. The van der Waals surface area contributed by atoms with E-state index in [2.05, 4.69) is 21.2 Å². The summed E-state index contributed by atoms with van der Waals surface area (Å²) in [6, 6.07) is 16.9. The molecule has 1 saturated heterocycles. The van der Waals surface area contributed by atoms with Gasteiger partial charge in [-0.3, -0.25) is 9.69 Å². The van der Waals surface area contributed by atoms with Crippen molar-refractivity contribution in [3.05, 3.63) is 59.1 Å². The summed E-state index contributed by atoms with van der Waals surface area (Å²) in [5.41, 5.74) is 2.29. The van der Waals surface area contributed by atoms with Crippen LogP contribution in [0.1, 0.15) is 18.9 Å². The van der Waals surface area contributed by atoms with Crippen molar-refractivity contribution >= 4 is 28.9 Å². The standard InChI is InChI=1S/C21H23ClN4O/c1-16(21(27)24-19-9-4-3-8-18(19)22)25-11-6-12-26(14-13-25)20-10-5-2-7-17(20)15-23/h2-5,7-10,16H,6,11-14H2,1H3,(H,24,27). The monoisotopic (exact) mass is 382 g/mol. The first-order valence-corrected chi connectivity index (χ1v) is 9.51. The van der Waals surface area contributed by atoms with Gasteiger partial charge >= 0.3 is 0 Å². The first kappa shape index (κ1) is 19.2. The molecule has 1 aliphatic heterocycles. The van der Waals surface area contributed by atoms with Crippen LogP contribution in [0.3, 0.4) is 0 Å². The highest BCUT2D eigenvalue weighted by atomic mass is 35.5. The minimum Gasteiger partial charge on any atom is -0.369 e. The average Bonchev–Trinajstić information content (AvgIpc) is 2.95. The van der Waals surface area contributed by atoms with Crippen LogP contribution in [0.2, 0.25) is 5.02 Å². The normalized spacial score (nSPS) is 16.3.